The van der Waals surface area contributed by atoms with Crippen LogP contribution >= 0.6 is 0 Å². The lowest BCUT2D eigenvalue weighted by Gasteiger charge is -2.33. The van der Waals surface area contributed by atoms with Crippen LogP contribution in [0.15, 0.2) is 12.4 Å². The highest BCUT2D eigenvalue weighted by Gasteiger charge is 2.26. The van der Waals surface area contributed by atoms with Gasteiger partial charge in [-0.25, -0.2) is 0 Å². The van der Waals surface area contributed by atoms with Crippen molar-refractivity contribution < 1.29 is 0 Å². The normalized spacial score (nSPS) is 15.4. The number of hydrogen-bond donors (Lipinski definition) is 0. The Balaban J connectivity index is 1.78. The molecule has 3 rings (SSSR count). The van der Waals surface area contributed by atoms with Crippen LogP contribution in [0.25, 0.3) is 0 Å². The Hall–Kier alpha value is -2.42. The van der Waals surface area contributed by atoms with E-state index in [9.17, 15) is 5.26 Å². The number of aryl methyl sites for hydroxylation is 2. The van der Waals surface area contributed by atoms with Crippen molar-refractivity contribution in [1.82, 2.24) is 20.0 Å². The second-order valence-electron chi connectivity index (χ2n) is 6.53. The van der Waals surface area contributed by atoms with Crippen LogP contribution in [0.5, 0.6) is 0 Å². The first-order chi connectivity index (χ1) is 12.2. The monoisotopic (exact) mass is 338 g/mol. The van der Waals surface area contributed by atoms with Crippen molar-refractivity contribution in [1.29, 1.82) is 5.26 Å². The molecule has 1 saturated heterocycles. The Morgan fingerprint density at radius 2 is 1.92 bits per heavy atom. The minimum Gasteiger partial charge on any atom is -0.354 e. The molecule has 6 nitrogen and oxygen atoms in total. The summed E-state index contributed by atoms with van der Waals surface area (Å²) in [4.78, 5) is 2.23. The lowest BCUT2D eigenvalue weighted by molar-refractivity contribution is 0.500. The molecule has 0 atom stereocenters. The predicted octanol–water partition coefficient (Wildman–Crippen LogP) is 3.07. The third kappa shape index (κ3) is 3.37. The van der Waals surface area contributed by atoms with E-state index in [1.807, 2.05) is 10.9 Å². The smallest absolute Gasteiger partial charge is 0.169 e. The van der Waals surface area contributed by atoms with Crippen molar-refractivity contribution in [2.45, 2.75) is 58.9 Å². The van der Waals surface area contributed by atoms with Gasteiger partial charge in [0.25, 0.3) is 0 Å². The van der Waals surface area contributed by atoms with Gasteiger partial charge in [-0.2, -0.15) is 15.5 Å². The summed E-state index contributed by atoms with van der Waals surface area (Å²) in [5.41, 5.74) is 4.04. The summed E-state index contributed by atoms with van der Waals surface area (Å²) in [7, 11) is 0. The highest BCUT2D eigenvalue weighted by Crippen LogP contribution is 2.31. The van der Waals surface area contributed by atoms with E-state index in [4.69, 9.17) is 0 Å². The highest BCUT2D eigenvalue weighted by atomic mass is 15.3. The molecule has 2 aromatic heterocycles. The minimum atomic E-state index is 0.538. The average molecular weight is 338 g/mol. The molecule has 0 N–H and O–H groups in total. The SMILES string of the molecule is CCc1nnc(N2CCC(c3cnn(CC)c3)CC2)c(C#N)c1CC. The zero-order valence-corrected chi connectivity index (χ0v) is 15.4. The van der Waals surface area contributed by atoms with Gasteiger partial charge in [-0.3, -0.25) is 4.68 Å². The van der Waals surface area contributed by atoms with E-state index in [0.29, 0.717) is 11.5 Å². The third-order valence-electron chi connectivity index (χ3n) is 5.18. The molecule has 0 bridgehead atoms. The molecule has 6 heteroatoms. The van der Waals surface area contributed by atoms with Crippen LogP contribution in [0, 0.1) is 11.3 Å². The Labute approximate surface area is 149 Å². The van der Waals surface area contributed by atoms with Gasteiger partial charge in [0, 0.05) is 25.8 Å². The summed E-state index contributed by atoms with van der Waals surface area (Å²) in [6.07, 6.45) is 7.90. The number of rotatable bonds is 5. The summed E-state index contributed by atoms with van der Waals surface area (Å²) in [6.45, 7) is 8.96. The predicted molar refractivity (Wildman–Crippen MR) is 97.6 cm³/mol. The maximum Gasteiger partial charge on any atom is 0.169 e. The topological polar surface area (TPSA) is 70.6 Å². The van der Waals surface area contributed by atoms with Crippen LogP contribution in [0.4, 0.5) is 5.82 Å². The molecule has 132 valence electrons. The molecule has 0 amide bonds. The lowest BCUT2D eigenvalue weighted by Crippen LogP contribution is -2.34. The number of nitriles is 1. The molecule has 25 heavy (non-hydrogen) atoms. The van der Waals surface area contributed by atoms with Crippen molar-refractivity contribution in [2.75, 3.05) is 18.0 Å². The molecule has 0 spiro atoms. The number of anilines is 1. The lowest BCUT2D eigenvalue weighted by atomic mass is 9.91. The molecule has 0 aliphatic carbocycles. The van der Waals surface area contributed by atoms with Crippen molar-refractivity contribution in [3.05, 3.63) is 34.8 Å². The second-order valence-corrected chi connectivity index (χ2v) is 6.53. The van der Waals surface area contributed by atoms with Crippen molar-refractivity contribution in [3.63, 3.8) is 0 Å². The summed E-state index contributed by atoms with van der Waals surface area (Å²) < 4.78 is 1.98. The molecular weight excluding hydrogens is 312 g/mol. The van der Waals surface area contributed by atoms with Gasteiger partial charge in [-0.15, -0.1) is 5.10 Å². The van der Waals surface area contributed by atoms with Crippen molar-refractivity contribution in [3.8, 4) is 6.07 Å². The van der Waals surface area contributed by atoms with Crippen LogP contribution in [0.3, 0.4) is 0 Å². The molecule has 1 fully saturated rings. The Bertz CT molecular complexity index is 765. The molecule has 0 radical (unpaired) electrons. The van der Waals surface area contributed by atoms with Crippen molar-refractivity contribution in [2.24, 2.45) is 0 Å². The standard InChI is InChI=1S/C19H26N6/c1-4-16-17(11-20)19(23-22-18(16)5-2)24-9-7-14(8-10-24)15-12-21-25(6-3)13-15/h12-14H,4-10H2,1-3H3. The molecule has 2 aromatic rings. The van der Waals surface area contributed by atoms with Crippen LogP contribution in [0.1, 0.15) is 61.9 Å². The first-order valence-electron chi connectivity index (χ1n) is 9.27. The summed E-state index contributed by atoms with van der Waals surface area (Å²) >= 11 is 0. The third-order valence-corrected chi connectivity index (χ3v) is 5.18. The van der Waals surface area contributed by atoms with E-state index in [1.165, 1.54) is 5.56 Å². The maximum atomic E-state index is 9.69. The zero-order chi connectivity index (χ0) is 17.8. The number of hydrogen-bond acceptors (Lipinski definition) is 5. The first-order valence-corrected chi connectivity index (χ1v) is 9.27. The van der Waals surface area contributed by atoms with Gasteiger partial charge in [0.1, 0.15) is 11.6 Å². The Kier molecular flexibility index (Phi) is 5.32. The first kappa shape index (κ1) is 17.4. The largest absolute Gasteiger partial charge is 0.354 e. The van der Waals surface area contributed by atoms with Crippen molar-refractivity contribution >= 4 is 5.82 Å². The fourth-order valence-electron chi connectivity index (χ4n) is 3.69. The summed E-state index contributed by atoms with van der Waals surface area (Å²) in [5, 5.41) is 22.9. The summed E-state index contributed by atoms with van der Waals surface area (Å²) in [6, 6.07) is 2.38. The van der Waals surface area contributed by atoms with Gasteiger partial charge in [-0.05, 0) is 49.7 Å². The van der Waals surface area contributed by atoms with E-state index < -0.39 is 0 Å². The van der Waals surface area contributed by atoms with E-state index in [-0.39, 0.29) is 0 Å². The Morgan fingerprint density at radius 3 is 2.48 bits per heavy atom. The van der Waals surface area contributed by atoms with E-state index in [2.05, 4.69) is 53.2 Å². The number of nitrogens with zero attached hydrogens (tertiary/aromatic N) is 6. The van der Waals surface area contributed by atoms with Gasteiger partial charge < -0.3 is 4.90 Å². The second kappa shape index (κ2) is 7.64. The quantitative estimate of drug-likeness (QED) is 0.838. The zero-order valence-electron chi connectivity index (χ0n) is 15.4. The molecule has 0 unspecified atom stereocenters. The van der Waals surface area contributed by atoms with Gasteiger partial charge >= 0.3 is 0 Å². The molecular formula is C19H26N6. The summed E-state index contributed by atoms with van der Waals surface area (Å²) in [5.74, 6) is 1.30. The number of aromatic nitrogens is 4. The van der Waals surface area contributed by atoms with Gasteiger partial charge in [0.15, 0.2) is 5.82 Å². The van der Waals surface area contributed by atoms with Gasteiger partial charge in [0.05, 0.1) is 11.9 Å². The molecule has 0 saturated carbocycles. The van der Waals surface area contributed by atoms with Crippen LogP contribution in [-0.4, -0.2) is 33.1 Å². The van der Waals surface area contributed by atoms with E-state index in [0.717, 1.165) is 62.4 Å². The van der Waals surface area contributed by atoms with Crippen LogP contribution < -0.4 is 4.90 Å². The highest BCUT2D eigenvalue weighted by molar-refractivity contribution is 5.58. The number of piperidine rings is 1. The van der Waals surface area contributed by atoms with E-state index >= 15 is 0 Å². The molecule has 3 heterocycles. The van der Waals surface area contributed by atoms with Gasteiger partial charge in [-0.1, -0.05) is 13.8 Å². The average Bonchev–Trinajstić information content (AvgIpc) is 3.16. The fraction of sp³-hybridized carbons (Fsp3) is 0.579. The van der Waals surface area contributed by atoms with Gasteiger partial charge in [0.2, 0.25) is 0 Å². The fourth-order valence-corrected chi connectivity index (χ4v) is 3.69. The molecule has 1 aliphatic rings. The molecule has 0 aromatic carbocycles. The maximum absolute atomic E-state index is 9.69. The Morgan fingerprint density at radius 1 is 1.16 bits per heavy atom. The van der Waals surface area contributed by atoms with E-state index in [1.54, 1.807) is 0 Å². The van der Waals surface area contributed by atoms with Crippen LogP contribution in [0.2, 0.25) is 0 Å². The molecule has 1 aliphatic heterocycles. The van der Waals surface area contributed by atoms with Crippen LogP contribution in [-0.2, 0) is 19.4 Å². The minimum absolute atomic E-state index is 0.538.